The van der Waals surface area contributed by atoms with Crippen LogP contribution in [-0.4, -0.2) is 29.7 Å². The molecule has 1 aliphatic heterocycles. The number of fused-ring (bicyclic) bond motifs is 1. The van der Waals surface area contributed by atoms with Gasteiger partial charge in [-0.25, -0.2) is 4.79 Å². The lowest BCUT2D eigenvalue weighted by molar-refractivity contribution is -0.129. The van der Waals surface area contributed by atoms with E-state index in [1.54, 1.807) is 37.4 Å². The van der Waals surface area contributed by atoms with Gasteiger partial charge in [0.15, 0.2) is 5.75 Å². The highest BCUT2D eigenvalue weighted by atomic mass is 35.5. The zero-order valence-electron chi connectivity index (χ0n) is 16.2. The standard InChI is InChI=1S/C21H23ClN2O4/c1-20(2,3)21(23-19(26)27)12-13-7-5-10-16(17(13)24(4)18(21)25)28-15-9-6-8-14(22)11-15/h5-11,23H,12H2,1-4H3,(H,26,27). The number of carbonyl (C=O) groups is 2. The molecule has 0 saturated carbocycles. The van der Waals surface area contributed by atoms with Crippen molar-refractivity contribution in [2.45, 2.75) is 32.7 Å². The summed E-state index contributed by atoms with van der Waals surface area (Å²) >= 11 is 6.03. The van der Waals surface area contributed by atoms with Crippen molar-refractivity contribution in [3.63, 3.8) is 0 Å². The van der Waals surface area contributed by atoms with Crippen LogP contribution < -0.4 is 15.0 Å². The van der Waals surface area contributed by atoms with Crippen molar-refractivity contribution < 1.29 is 19.4 Å². The third-order valence-corrected chi connectivity index (χ3v) is 5.40. The summed E-state index contributed by atoms with van der Waals surface area (Å²) < 4.78 is 6.00. The highest BCUT2D eigenvalue weighted by Crippen LogP contribution is 2.46. The van der Waals surface area contributed by atoms with Gasteiger partial charge in [0.2, 0.25) is 0 Å². The fourth-order valence-corrected chi connectivity index (χ4v) is 3.81. The Morgan fingerprint density at radius 3 is 2.54 bits per heavy atom. The number of ether oxygens (including phenoxy) is 1. The average molecular weight is 403 g/mol. The molecule has 1 heterocycles. The number of carbonyl (C=O) groups excluding carboxylic acids is 1. The summed E-state index contributed by atoms with van der Waals surface area (Å²) in [5.41, 5.74) is -0.474. The minimum absolute atomic E-state index is 0.230. The molecule has 0 spiro atoms. The average Bonchev–Trinajstić information content (AvgIpc) is 2.58. The molecular weight excluding hydrogens is 380 g/mol. The maximum atomic E-state index is 13.4. The first-order valence-electron chi connectivity index (χ1n) is 8.90. The Balaban J connectivity index is 2.09. The van der Waals surface area contributed by atoms with E-state index < -0.39 is 17.0 Å². The van der Waals surface area contributed by atoms with Crippen LogP contribution in [0.2, 0.25) is 5.02 Å². The van der Waals surface area contributed by atoms with Crippen LogP contribution >= 0.6 is 11.6 Å². The largest absolute Gasteiger partial charge is 0.465 e. The van der Waals surface area contributed by atoms with Crippen molar-refractivity contribution in [2.24, 2.45) is 5.41 Å². The molecule has 2 N–H and O–H groups in total. The van der Waals surface area contributed by atoms with Gasteiger partial charge in [-0.05, 0) is 35.2 Å². The topological polar surface area (TPSA) is 78.9 Å². The molecule has 0 aromatic heterocycles. The van der Waals surface area contributed by atoms with Crippen molar-refractivity contribution in [3.8, 4) is 11.5 Å². The number of hydrogen-bond donors (Lipinski definition) is 2. The minimum Gasteiger partial charge on any atom is -0.465 e. The van der Waals surface area contributed by atoms with Crippen LogP contribution in [0.3, 0.4) is 0 Å². The summed E-state index contributed by atoms with van der Waals surface area (Å²) in [7, 11) is 1.63. The smallest absolute Gasteiger partial charge is 0.405 e. The summed E-state index contributed by atoms with van der Waals surface area (Å²) in [6, 6.07) is 12.5. The van der Waals surface area contributed by atoms with Gasteiger partial charge in [-0.1, -0.05) is 50.6 Å². The van der Waals surface area contributed by atoms with Gasteiger partial charge in [0, 0.05) is 18.5 Å². The molecule has 2 aromatic carbocycles. The number of benzene rings is 2. The number of nitrogens with one attached hydrogen (secondary N) is 1. The Morgan fingerprint density at radius 1 is 1.25 bits per heavy atom. The first-order chi connectivity index (χ1) is 13.0. The van der Waals surface area contributed by atoms with Crippen LogP contribution in [0.15, 0.2) is 42.5 Å². The summed E-state index contributed by atoms with van der Waals surface area (Å²) in [5, 5.41) is 12.4. The van der Waals surface area contributed by atoms with Crippen LogP contribution in [-0.2, 0) is 11.2 Å². The lowest BCUT2D eigenvalue weighted by Gasteiger charge is -2.48. The first kappa shape index (κ1) is 20.0. The van der Waals surface area contributed by atoms with E-state index in [0.717, 1.165) is 5.56 Å². The minimum atomic E-state index is -1.28. The van der Waals surface area contributed by atoms with E-state index in [1.165, 1.54) is 4.90 Å². The van der Waals surface area contributed by atoms with Crippen molar-refractivity contribution >= 4 is 29.3 Å². The van der Waals surface area contributed by atoms with Gasteiger partial charge in [-0.2, -0.15) is 0 Å². The van der Waals surface area contributed by atoms with Crippen LogP contribution in [0.1, 0.15) is 26.3 Å². The quantitative estimate of drug-likeness (QED) is 0.779. The van der Waals surface area contributed by atoms with E-state index in [2.05, 4.69) is 5.32 Å². The molecule has 2 amide bonds. The molecule has 1 aliphatic rings. The summed E-state index contributed by atoms with van der Waals surface area (Å²) in [4.78, 5) is 26.4. The zero-order valence-corrected chi connectivity index (χ0v) is 17.0. The van der Waals surface area contributed by atoms with Crippen molar-refractivity contribution in [1.82, 2.24) is 5.32 Å². The molecule has 3 rings (SSSR count). The summed E-state index contributed by atoms with van der Waals surface area (Å²) in [5.74, 6) is 0.739. The molecule has 0 saturated heterocycles. The molecule has 1 unspecified atom stereocenters. The first-order valence-corrected chi connectivity index (χ1v) is 9.27. The SMILES string of the molecule is CN1C(=O)C(NC(=O)O)(C(C)(C)C)Cc2cccc(Oc3cccc(Cl)c3)c21. The second kappa shape index (κ2) is 7.02. The fourth-order valence-electron chi connectivity index (χ4n) is 3.63. The number of rotatable bonds is 3. The Kier molecular flexibility index (Phi) is 5.02. The Bertz CT molecular complexity index is 938. The number of nitrogens with zero attached hydrogens (tertiary/aromatic N) is 1. The van der Waals surface area contributed by atoms with Crippen LogP contribution in [0.4, 0.5) is 10.5 Å². The third kappa shape index (κ3) is 3.40. The monoisotopic (exact) mass is 402 g/mol. The van der Waals surface area contributed by atoms with Gasteiger partial charge in [-0.3, -0.25) is 4.79 Å². The van der Waals surface area contributed by atoms with E-state index in [9.17, 15) is 14.7 Å². The van der Waals surface area contributed by atoms with Gasteiger partial charge in [0.05, 0.1) is 5.69 Å². The molecule has 148 valence electrons. The second-order valence-corrected chi connectivity index (χ2v) is 8.39. The maximum absolute atomic E-state index is 13.4. The molecule has 28 heavy (non-hydrogen) atoms. The van der Waals surface area contributed by atoms with E-state index in [4.69, 9.17) is 16.3 Å². The van der Waals surface area contributed by atoms with Gasteiger partial charge in [0.25, 0.3) is 5.91 Å². The second-order valence-electron chi connectivity index (χ2n) is 7.95. The number of halogens is 1. The zero-order chi connectivity index (χ0) is 20.7. The van der Waals surface area contributed by atoms with E-state index in [0.29, 0.717) is 22.2 Å². The molecule has 7 heteroatoms. The number of anilines is 1. The molecule has 6 nitrogen and oxygen atoms in total. The normalized spacial score (nSPS) is 19.2. The highest BCUT2D eigenvalue weighted by molar-refractivity contribution is 6.30. The molecular formula is C21H23ClN2O4. The molecule has 2 aromatic rings. The summed E-state index contributed by atoms with van der Waals surface area (Å²) in [6.45, 7) is 5.56. The number of carboxylic acid groups (broad SMARTS) is 1. The fraction of sp³-hybridized carbons (Fsp3) is 0.333. The van der Waals surface area contributed by atoms with Crippen molar-refractivity contribution in [3.05, 3.63) is 53.1 Å². The van der Waals surface area contributed by atoms with Gasteiger partial charge < -0.3 is 20.1 Å². The third-order valence-electron chi connectivity index (χ3n) is 5.17. The Labute approximate surface area is 169 Å². The Morgan fingerprint density at radius 2 is 1.93 bits per heavy atom. The number of likely N-dealkylation sites (N-methyl/N-ethyl adjacent to an activating group) is 1. The van der Waals surface area contributed by atoms with Crippen molar-refractivity contribution in [1.29, 1.82) is 0 Å². The van der Waals surface area contributed by atoms with Crippen molar-refractivity contribution in [2.75, 3.05) is 11.9 Å². The molecule has 0 fully saturated rings. The predicted molar refractivity (Wildman–Crippen MR) is 108 cm³/mol. The number of para-hydroxylation sites is 1. The molecule has 1 atom stereocenters. The molecule has 0 aliphatic carbocycles. The van der Waals surface area contributed by atoms with Crippen LogP contribution in [0.25, 0.3) is 0 Å². The van der Waals surface area contributed by atoms with Gasteiger partial charge in [-0.15, -0.1) is 0 Å². The predicted octanol–water partition coefficient (Wildman–Crippen LogP) is 4.70. The number of amides is 2. The molecule has 0 bridgehead atoms. The van der Waals surface area contributed by atoms with Crippen LogP contribution in [0.5, 0.6) is 11.5 Å². The Hall–Kier alpha value is -2.73. The van der Waals surface area contributed by atoms with Crippen LogP contribution in [0, 0.1) is 5.41 Å². The lowest BCUT2D eigenvalue weighted by Crippen LogP contribution is -2.68. The van der Waals surface area contributed by atoms with E-state index in [1.807, 2.05) is 32.9 Å². The number of hydrogen-bond acceptors (Lipinski definition) is 3. The van der Waals surface area contributed by atoms with Gasteiger partial charge in [0.1, 0.15) is 11.3 Å². The molecule has 0 radical (unpaired) electrons. The van der Waals surface area contributed by atoms with Gasteiger partial charge >= 0.3 is 6.09 Å². The maximum Gasteiger partial charge on any atom is 0.405 e. The van der Waals surface area contributed by atoms with E-state index >= 15 is 0 Å². The lowest BCUT2D eigenvalue weighted by atomic mass is 9.67. The summed E-state index contributed by atoms with van der Waals surface area (Å²) in [6.07, 6.45) is -1.000. The highest BCUT2D eigenvalue weighted by Gasteiger charge is 2.54. The van der Waals surface area contributed by atoms with E-state index in [-0.39, 0.29) is 12.3 Å².